The number of pyridine rings is 1. The maximum absolute atomic E-state index is 12.2. The summed E-state index contributed by atoms with van der Waals surface area (Å²) in [5.41, 5.74) is 1.59. The second-order valence-corrected chi connectivity index (χ2v) is 7.36. The molecule has 0 bridgehead atoms. The highest BCUT2D eigenvalue weighted by Crippen LogP contribution is 2.21. The van der Waals surface area contributed by atoms with Crippen molar-refractivity contribution >= 4 is 46.6 Å². The van der Waals surface area contributed by atoms with Crippen LogP contribution in [-0.2, 0) is 17.8 Å². The predicted octanol–water partition coefficient (Wildman–Crippen LogP) is 4.32. The predicted molar refractivity (Wildman–Crippen MR) is 109 cm³/mol. The molecule has 1 amide bonds. The fourth-order valence-corrected chi connectivity index (χ4v) is 3.57. The Bertz CT molecular complexity index is 930. The summed E-state index contributed by atoms with van der Waals surface area (Å²) in [6.07, 6.45) is 2.22. The normalized spacial score (nSPS) is 10.8. The van der Waals surface area contributed by atoms with Crippen molar-refractivity contribution in [3.63, 3.8) is 0 Å². The van der Waals surface area contributed by atoms with Crippen molar-refractivity contribution in [1.82, 2.24) is 19.7 Å². The highest BCUT2D eigenvalue weighted by atomic mass is 35.5. The summed E-state index contributed by atoms with van der Waals surface area (Å²) >= 11 is 13.2. The van der Waals surface area contributed by atoms with E-state index in [2.05, 4.69) is 20.5 Å². The number of rotatable bonds is 7. The quantitative estimate of drug-likeness (QED) is 0.454. The van der Waals surface area contributed by atoms with Gasteiger partial charge in [0.05, 0.1) is 11.4 Å². The van der Waals surface area contributed by atoms with Gasteiger partial charge in [-0.1, -0.05) is 47.1 Å². The monoisotopic (exact) mass is 421 g/mol. The molecule has 0 atom stereocenters. The maximum atomic E-state index is 12.2. The van der Waals surface area contributed by atoms with Crippen LogP contribution < -0.4 is 5.32 Å². The van der Waals surface area contributed by atoms with Gasteiger partial charge in [0.2, 0.25) is 5.91 Å². The van der Waals surface area contributed by atoms with Gasteiger partial charge < -0.3 is 9.88 Å². The van der Waals surface area contributed by atoms with Gasteiger partial charge in [-0.2, -0.15) is 0 Å². The van der Waals surface area contributed by atoms with Gasteiger partial charge in [-0.05, 0) is 36.8 Å². The summed E-state index contributed by atoms with van der Waals surface area (Å²) in [5.74, 6) is 0.863. The number of anilines is 1. The summed E-state index contributed by atoms with van der Waals surface area (Å²) in [7, 11) is 0. The van der Waals surface area contributed by atoms with Crippen molar-refractivity contribution in [2.75, 3.05) is 11.1 Å². The Morgan fingerprint density at radius 3 is 2.67 bits per heavy atom. The molecule has 140 valence electrons. The Morgan fingerprint density at radius 1 is 1.19 bits per heavy atom. The van der Waals surface area contributed by atoms with Crippen molar-refractivity contribution in [3.8, 4) is 0 Å². The molecule has 0 aliphatic heterocycles. The first kappa shape index (κ1) is 19.7. The highest BCUT2D eigenvalue weighted by molar-refractivity contribution is 7.99. The zero-order chi connectivity index (χ0) is 19.2. The lowest BCUT2D eigenvalue weighted by molar-refractivity contribution is -0.113. The summed E-state index contributed by atoms with van der Waals surface area (Å²) in [6.45, 7) is 2.74. The molecular weight excluding hydrogens is 405 g/mol. The standard InChI is InChI=1S/C18H17Cl2N5OS/c1-2-25-15(10-12-5-7-13(19)8-6-12)23-24-18(25)27-11-16(26)22-14-4-3-9-21-17(14)20/h3-9H,2,10-11H2,1H3,(H,22,26). The van der Waals surface area contributed by atoms with E-state index in [-0.39, 0.29) is 16.8 Å². The van der Waals surface area contributed by atoms with Crippen LogP contribution in [0.5, 0.6) is 0 Å². The third-order valence-electron chi connectivity index (χ3n) is 3.75. The summed E-state index contributed by atoms with van der Waals surface area (Å²) in [4.78, 5) is 16.1. The number of nitrogens with one attached hydrogen (secondary N) is 1. The molecule has 0 unspecified atom stereocenters. The first-order valence-electron chi connectivity index (χ1n) is 8.26. The van der Waals surface area contributed by atoms with Crippen molar-refractivity contribution in [3.05, 3.63) is 64.2 Å². The van der Waals surface area contributed by atoms with E-state index in [1.807, 2.05) is 35.8 Å². The van der Waals surface area contributed by atoms with Crippen LogP contribution in [0.2, 0.25) is 10.2 Å². The molecule has 0 saturated carbocycles. The molecule has 1 N–H and O–H groups in total. The zero-order valence-corrected chi connectivity index (χ0v) is 16.9. The first-order valence-corrected chi connectivity index (χ1v) is 10.0. The number of nitrogens with zero attached hydrogens (tertiary/aromatic N) is 4. The summed E-state index contributed by atoms with van der Waals surface area (Å²) in [5, 5.41) is 12.9. The van der Waals surface area contributed by atoms with Crippen LogP contribution >= 0.6 is 35.0 Å². The Labute approximate surface area is 171 Å². The molecule has 3 aromatic rings. The number of hydrogen-bond acceptors (Lipinski definition) is 5. The minimum Gasteiger partial charge on any atom is -0.323 e. The first-order chi connectivity index (χ1) is 13.1. The lowest BCUT2D eigenvalue weighted by atomic mass is 10.1. The fraction of sp³-hybridized carbons (Fsp3) is 0.222. The van der Waals surface area contributed by atoms with Crippen LogP contribution in [0.4, 0.5) is 5.69 Å². The molecule has 9 heteroatoms. The van der Waals surface area contributed by atoms with Gasteiger partial charge in [0.15, 0.2) is 10.3 Å². The summed E-state index contributed by atoms with van der Waals surface area (Å²) in [6, 6.07) is 11.1. The van der Waals surface area contributed by atoms with E-state index in [9.17, 15) is 4.79 Å². The molecule has 2 aromatic heterocycles. The van der Waals surface area contributed by atoms with E-state index >= 15 is 0 Å². The van der Waals surface area contributed by atoms with E-state index in [1.54, 1.807) is 18.3 Å². The average molecular weight is 422 g/mol. The largest absolute Gasteiger partial charge is 0.323 e. The molecule has 6 nitrogen and oxygen atoms in total. The topological polar surface area (TPSA) is 72.7 Å². The number of hydrogen-bond donors (Lipinski definition) is 1. The lowest BCUT2D eigenvalue weighted by Crippen LogP contribution is -2.15. The van der Waals surface area contributed by atoms with Crippen molar-refractivity contribution < 1.29 is 4.79 Å². The molecule has 27 heavy (non-hydrogen) atoms. The number of amides is 1. The molecule has 0 radical (unpaired) electrons. The molecule has 0 aliphatic carbocycles. The van der Waals surface area contributed by atoms with Crippen LogP contribution in [0.25, 0.3) is 0 Å². The highest BCUT2D eigenvalue weighted by Gasteiger charge is 2.14. The van der Waals surface area contributed by atoms with E-state index < -0.39 is 0 Å². The van der Waals surface area contributed by atoms with Crippen molar-refractivity contribution in [2.24, 2.45) is 0 Å². The molecule has 0 aliphatic rings. The Hall–Kier alpha value is -2.09. The second kappa shape index (κ2) is 9.21. The molecule has 0 spiro atoms. The molecule has 0 saturated heterocycles. The van der Waals surface area contributed by atoms with Crippen LogP contribution in [0.3, 0.4) is 0 Å². The van der Waals surface area contributed by atoms with Gasteiger partial charge in [-0.25, -0.2) is 4.98 Å². The van der Waals surface area contributed by atoms with Crippen molar-refractivity contribution in [1.29, 1.82) is 0 Å². The number of carbonyl (C=O) groups excluding carboxylic acids is 1. The second-order valence-electron chi connectivity index (χ2n) is 5.62. The third kappa shape index (κ3) is 5.22. The number of halogens is 2. The number of carbonyl (C=O) groups is 1. The van der Waals surface area contributed by atoms with E-state index in [1.165, 1.54) is 11.8 Å². The Morgan fingerprint density at radius 2 is 1.96 bits per heavy atom. The number of benzene rings is 1. The van der Waals surface area contributed by atoms with Crippen LogP contribution in [0.15, 0.2) is 47.8 Å². The van der Waals surface area contributed by atoms with Gasteiger partial charge in [0, 0.05) is 24.2 Å². The summed E-state index contributed by atoms with van der Waals surface area (Å²) < 4.78 is 2.00. The SMILES string of the molecule is CCn1c(Cc2ccc(Cl)cc2)nnc1SCC(=O)Nc1cccnc1Cl. The van der Waals surface area contributed by atoms with Crippen LogP contribution in [-0.4, -0.2) is 31.4 Å². The van der Waals surface area contributed by atoms with Crippen LogP contribution in [0.1, 0.15) is 18.3 Å². The Balaban J connectivity index is 1.63. The minimum absolute atomic E-state index is 0.181. The lowest BCUT2D eigenvalue weighted by Gasteiger charge is -2.08. The van der Waals surface area contributed by atoms with Crippen LogP contribution in [0, 0.1) is 0 Å². The van der Waals surface area contributed by atoms with E-state index in [0.717, 1.165) is 11.4 Å². The number of aromatic nitrogens is 4. The molecule has 0 fully saturated rings. The molecule has 2 heterocycles. The van der Waals surface area contributed by atoms with E-state index in [4.69, 9.17) is 23.2 Å². The minimum atomic E-state index is -0.181. The number of thioether (sulfide) groups is 1. The third-order valence-corrected chi connectivity index (χ3v) is 5.27. The van der Waals surface area contributed by atoms with Gasteiger partial charge in [-0.3, -0.25) is 4.79 Å². The van der Waals surface area contributed by atoms with E-state index in [0.29, 0.717) is 28.8 Å². The fourth-order valence-electron chi connectivity index (χ4n) is 2.45. The van der Waals surface area contributed by atoms with Gasteiger partial charge in [-0.15, -0.1) is 10.2 Å². The maximum Gasteiger partial charge on any atom is 0.234 e. The van der Waals surface area contributed by atoms with Gasteiger partial charge >= 0.3 is 0 Å². The Kier molecular flexibility index (Phi) is 6.71. The zero-order valence-electron chi connectivity index (χ0n) is 14.5. The van der Waals surface area contributed by atoms with Crippen molar-refractivity contribution in [2.45, 2.75) is 25.0 Å². The average Bonchev–Trinajstić information content (AvgIpc) is 3.05. The molecular formula is C18H17Cl2N5OS. The van der Waals surface area contributed by atoms with Gasteiger partial charge in [0.25, 0.3) is 0 Å². The molecule has 1 aromatic carbocycles. The van der Waals surface area contributed by atoms with Gasteiger partial charge in [0.1, 0.15) is 5.82 Å². The molecule has 3 rings (SSSR count). The smallest absolute Gasteiger partial charge is 0.234 e.